The van der Waals surface area contributed by atoms with Gasteiger partial charge in [0.15, 0.2) is 0 Å². The Labute approximate surface area is 168 Å². The van der Waals surface area contributed by atoms with E-state index in [1.54, 1.807) is 6.07 Å². The number of carbonyl (C=O) groups excluding carboxylic acids is 1. The molecule has 2 rings (SSSR count). The van der Waals surface area contributed by atoms with Crippen LogP contribution in [-0.4, -0.2) is 27.1 Å². The lowest BCUT2D eigenvalue weighted by molar-refractivity contribution is -0.116. The fraction of sp³-hybridized carbons (Fsp3) is 0.409. The van der Waals surface area contributed by atoms with Crippen LogP contribution in [0.1, 0.15) is 49.3 Å². The Bertz CT molecular complexity index is 919. The summed E-state index contributed by atoms with van der Waals surface area (Å²) in [7, 11) is -3.43. The highest BCUT2D eigenvalue weighted by Gasteiger charge is 2.19. The van der Waals surface area contributed by atoms with Gasteiger partial charge in [0, 0.05) is 18.7 Å². The highest BCUT2D eigenvalue weighted by atomic mass is 32.2. The molecule has 6 heteroatoms. The summed E-state index contributed by atoms with van der Waals surface area (Å²) in [5.74, 6) is 0.323. The largest absolute Gasteiger partial charge is 0.326 e. The summed E-state index contributed by atoms with van der Waals surface area (Å²) in [6, 6.07) is 13.4. The number of hydrogen-bond acceptors (Lipinski definition) is 3. The van der Waals surface area contributed by atoms with Crippen molar-refractivity contribution in [3.63, 3.8) is 0 Å². The van der Waals surface area contributed by atoms with Crippen LogP contribution in [0.3, 0.4) is 0 Å². The molecule has 5 nitrogen and oxygen atoms in total. The molecule has 0 saturated heterocycles. The summed E-state index contributed by atoms with van der Waals surface area (Å²) in [6.45, 7) is 8.38. The minimum Gasteiger partial charge on any atom is -0.326 e. The molecule has 0 saturated carbocycles. The van der Waals surface area contributed by atoms with E-state index in [1.165, 1.54) is 16.1 Å². The Balaban J connectivity index is 1.98. The van der Waals surface area contributed by atoms with E-state index >= 15 is 0 Å². The zero-order chi connectivity index (χ0) is 20.9. The van der Waals surface area contributed by atoms with Crippen LogP contribution in [0.2, 0.25) is 0 Å². The Morgan fingerprint density at radius 2 is 1.71 bits per heavy atom. The molecular weight excluding hydrogens is 372 g/mol. The van der Waals surface area contributed by atoms with Crippen LogP contribution in [0, 0.1) is 13.8 Å². The molecular formula is C22H30N2O3S. The summed E-state index contributed by atoms with van der Waals surface area (Å²) in [5.41, 5.74) is 4.61. The smallest absolute Gasteiger partial charge is 0.232 e. The normalized spacial score (nSPS) is 11.5. The molecule has 0 heterocycles. The Hall–Kier alpha value is -2.34. The van der Waals surface area contributed by atoms with Crippen LogP contribution >= 0.6 is 0 Å². The van der Waals surface area contributed by atoms with E-state index in [0.717, 1.165) is 16.8 Å². The van der Waals surface area contributed by atoms with Crippen molar-refractivity contribution in [2.24, 2.45) is 0 Å². The summed E-state index contributed by atoms with van der Waals surface area (Å²) in [4.78, 5) is 12.2. The van der Waals surface area contributed by atoms with Gasteiger partial charge in [0.1, 0.15) is 0 Å². The van der Waals surface area contributed by atoms with Crippen molar-refractivity contribution < 1.29 is 13.2 Å². The molecule has 28 heavy (non-hydrogen) atoms. The molecule has 0 aliphatic heterocycles. The van der Waals surface area contributed by atoms with E-state index in [4.69, 9.17) is 0 Å². The third kappa shape index (κ3) is 5.83. The number of aryl methyl sites for hydroxylation is 1. The van der Waals surface area contributed by atoms with Crippen LogP contribution < -0.4 is 9.62 Å². The lowest BCUT2D eigenvalue weighted by Crippen LogP contribution is -2.32. The molecule has 2 aromatic carbocycles. The van der Waals surface area contributed by atoms with Gasteiger partial charge in [0.05, 0.1) is 11.9 Å². The van der Waals surface area contributed by atoms with E-state index in [-0.39, 0.29) is 18.9 Å². The predicted octanol–water partition coefficient (Wildman–Crippen LogP) is 4.61. The molecule has 0 aliphatic rings. The minimum absolute atomic E-state index is 0.119. The SMILES string of the molecule is Cc1cccc(N(CCCC(=O)Nc2ccc(C(C)C)cc2)S(C)(=O)=O)c1C. The number of nitrogens with zero attached hydrogens (tertiary/aromatic N) is 1. The molecule has 2 aromatic rings. The fourth-order valence-electron chi connectivity index (χ4n) is 3.03. The number of nitrogens with one attached hydrogen (secondary N) is 1. The average molecular weight is 403 g/mol. The molecule has 1 N–H and O–H groups in total. The Kier molecular flexibility index (Phi) is 7.24. The molecule has 0 aromatic heterocycles. The van der Waals surface area contributed by atoms with Crippen molar-refractivity contribution in [1.29, 1.82) is 0 Å². The lowest BCUT2D eigenvalue weighted by Gasteiger charge is -2.24. The maximum Gasteiger partial charge on any atom is 0.232 e. The van der Waals surface area contributed by atoms with E-state index in [2.05, 4.69) is 19.2 Å². The fourth-order valence-corrected chi connectivity index (χ4v) is 4.04. The Morgan fingerprint density at radius 3 is 2.29 bits per heavy atom. The number of anilines is 2. The highest BCUT2D eigenvalue weighted by Crippen LogP contribution is 2.25. The molecule has 0 bridgehead atoms. The van der Waals surface area contributed by atoms with Gasteiger partial charge in [-0.3, -0.25) is 9.10 Å². The average Bonchev–Trinajstić information content (AvgIpc) is 2.61. The van der Waals surface area contributed by atoms with Crippen molar-refractivity contribution in [3.8, 4) is 0 Å². The van der Waals surface area contributed by atoms with Crippen molar-refractivity contribution in [3.05, 3.63) is 59.2 Å². The monoisotopic (exact) mass is 402 g/mol. The number of carbonyl (C=O) groups is 1. The van der Waals surface area contributed by atoms with Gasteiger partial charge in [-0.2, -0.15) is 0 Å². The molecule has 0 aliphatic carbocycles. The summed E-state index contributed by atoms with van der Waals surface area (Å²) < 4.78 is 25.9. The van der Waals surface area contributed by atoms with Crippen LogP contribution in [0.25, 0.3) is 0 Å². The third-order valence-corrected chi connectivity index (χ3v) is 6.05. The Morgan fingerprint density at radius 1 is 1.07 bits per heavy atom. The number of benzene rings is 2. The first-order valence-corrected chi connectivity index (χ1v) is 11.4. The quantitative estimate of drug-likeness (QED) is 0.701. The zero-order valence-electron chi connectivity index (χ0n) is 17.3. The summed E-state index contributed by atoms with van der Waals surface area (Å²) >= 11 is 0. The van der Waals surface area contributed by atoms with Gasteiger partial charge < -0.3 is 5.32 Å². The number of amides is 1. The van der Waals surface area contributed by atoms with E-state index in [0.29, 0.717) is 18.0 Å². The molecule has 0 fully saturated rings. The van der Waals surface area contributed by atoms with Gasteiger partial charge in [0.2, 0.25) is 15.9 Å². The van der Waals surface area contributed by atoms with E-state index in [9.17, 15) is 13.2 Å². The number of hydrogen-bond donors (Lipinski definition) is 1. The molecule has 152 valence electrons. The van der Waals surface area contributed by atoms with Gasteiger partial charge in [0.25, 0.3) is 0 Å². The summed E-state index contributed by atoms with van der Waals surface area (Å²) in [5, 5.41) is 2.87. The van der Waals surface area contributed by atoms with Crippen LogP contribution in [0.15, 0.2) is 42.5 Å². The first-order chi connectivity index (χ1) is 13.1. The molecule has 0 unspecified atom stereocenters. The van der Waals surface area contributed by atoms with Gasteiger partial charge in [-0.25, -0.2) is 8.42 Å². The third-order valence-electron chi connectivity index (χ3n) is 4.87. The van der Waals surface area contributed by atoms with Crippen LogP contribution in [-0.2, 0) is 14.8 Å². The van der Waals surface area contributed by atoms with Crippen LogP contribution in [0.4, 0.5) is 11.4 Å². The predicted molar refractivity (Wildman–Crippen MR) is 117 cm³/mol. The second kappa shape index (κ2) is 9.24. The minimum atomic E-state index is -3.43. The van der Waals surface area contributed by atoms with Gasteiger partial charge in [-0.15, -0.1) is 0 Å². The van der Waals surface area contributed by atoms with Crippen molar-refractivity contribution in [2.75, 3.05) is 22.4 Å². The molecule has 0 atom stereocenters. The lowest BCUT2D eigenvalue weighted by atomic mass is 10.0. The van der Waals surface area contributed by atoms with Crippen LogP contribution in [0.5, 0.6) is 0 Å². The molecule has 0 spiro atoms. The van der Waals surface area contributed by atoms with E-state index in [1.807, 2.05) is 50.2 Å². The topological polar surface area (TPSA) is 66.5 Å². The first kappa shape index (κ1) is 22.0. The number of sulfonamides is 1. The van der Waals surface area contributed by atoms with Crippen molar-refractivity contribution in [2.45, 2.75) is 46.5 Å². The van der Waals surface area contributed by atoms with Gasteiger partial charge in [-0.05, 0) is 61.1 Å². The molecule has 1 amide bonds. The van der Waals surface area contributed by atoms with Crippen molar-refractivity contribution >= 4 is 27.3 Å². The second-order valence-electron chi connectivity index (χ2n) is 7.48. The molecule has 0 radical (unpaired) electrons. The number of rotatable bonds is 8. The maximum atomic E-state index is 12.3. The summed E-state index contributed by atoms with van der Waals surface area (Å²) in [6.07, 6.45) is 1.89. The second-order valence-corrected chi connectivity index (χ2v) is 9.39. The maximum absolute atomic E-state index is 12.3. The highest BCUT2D eigenvalue weighted by molar-refractivity contribution is 7.92. The van der Waals surface area contributed by atoms with Crippen molar-refractivity contribution in [1.82, 2.24) is 0 Å². The standard InChI is InChI=1S/C22H30N2O3S/c1-16(2)19-11-13-20(14-12-19)23-22(25)10-7-15-24(28(5,26)27)21-9-6-8-17(3)18(21)4/h6,8-9,11-14,16H,7,10,15H2,1-5H3,(H,23,25). The van der Waals surface area contributed by atoms with Gasteiger partial charge >= 0.3 is 0 Å². The van der Waals surface area contributed by atoms with E-state index < -0.39 is 10.0 Å². The first-order valence-electron chi connectivity index (χ1n) is 9.53. The zero-order valence-corrected chi connectivity index (χ0v) is 18.1. The van der Waals surface area contributed by atoms with Gasteiger partial charge in [-0.1, -0.05) is 38.1 Å².